The van der Waals surface area contributed by atoms with E-state index in [-0.39, 0.29) is 30.3 Å². The average molecular weight is 539 g/mol. The molecule has 2 aliphatic rings. The van der Waals surface area contributed by atoms with Crippen molar-refractivity contribution >= 4 is 10.0 Å². The molecule has 3 aromatic carbocycles. The third-order valence-corrected chi connectivity index (χ3v) is 8.85. The van der Waals surface area contributed by atoms with Crippen LogP contribution in [0, 0.1) is 5.41 Å². The molecule has 0 radical (unpaired) electrons. The van der Waals surface area contributed by atoms with E-state index in [4.69, 9.17) is 4.74 Å². The van der Waals surface area contributed by atoms with Gasteiger partial charge in [-0.25, -0.2) is 13.1 Å². The smallest absolute Gasteiger partial charge is 0.244 e. The molecule has 3 aromatic rings. The normalized spacial score (nSPS) is 28.1. The van der Waals surface area contributed by atoms with Crippen LogP contribution in [-0.2, 0) is 16.6 Å². The van der Waals surface area contributed by atoms with Crippen molar-refractivity contribution in [2.45, 2.75) is 42.6 Å². The summed E-state index contributed by atoms with van der Waals surface area (Å²) in [6.45, 7) is 1.13. The maximum atomic E-state index is 13.3. The van der Waals surface area contributed by atoms with Gasteiger partial charge in [-0.1, -0.05) is 66.7 Å². The number of aliphatic hydroxyl groups is 3. The number of nitrogens with zero attached hydrogens (tertiary/aromatic N) is 1. The Morgan fingerprint density at radius 1 is 0.895 bits per heavy atom. The number of aliphatic hydroxyl groups excluding tert-OH is 3. The predicted octanol–water partition coefficient (Wildman–Crippen LogP) is 2.39. The van der Waals surface area contributed by atoms with Crippen LogP contribution < -0.4 is 9.46 Å². The number of ether oxygens (including phenoxy) is 1. The second kappa shape index (κ2) is 11.1. The quantitative estimate of drug-likeness (QED) is 0.404. The molecule has 1 unspecified atom stereocenters. The molecule has 1 spiro atoms. The summed E-state index contributed by atoms with van der Waals surface area (Å²) in [4.78, 5) is 2.03. The van der Waals surface area contributed by atoms with Gasteiger partial charge in [-0.2, -0.15) is 0 Å². The first-order chi connectivity index (χ1) is 18.2. The maximum Gasteiger partial charge on any atom is 0.244 e. The third-order valence-electron chi connectivity index (χ3n) is 7.39. The van der Waals surface area contributed by atoms with E-state index in [0.717, 1.165) is 16.7 Å². The van der Waals surface area contributed by atoms with Gasteiger partial charge < -0.3 is 20.1 Å². The Morgan fingerprint density at radius 2 is 1.55 bits per heavy atom. The predicted molar refractivity (Wildman–Crippen MR) is 144 cm³/mol. The Kier molecular flexibility index (Phi) is 7.85. The van der Waals surface area contributed by atoms with Crippen LogP contribution in [0.25, 0.3) is 11.1 Å². The van der Waals surface area contributed by atoms with Crippen LogP contribution in [0.1, 0.15) is 18.4 Å². The van der Waals surface area contributed by atoms with Gasteiger partial charge in [0.1, 0.15) is 10.6 Å². The molecule has 38 heavy (non-hydrogen) atoms. The summed E-state index contributed by atoms with van der Waals surface area (Å²) in [6, 6.07) is 24.4. The molecule has 5 rings (SSSR count). The van der Waals surface area contributed by atoms with Crippen LogP contribution in [-0.4, -0.2) is 73.2 Å². The Morgan fingerprint density at radius 3 is 2.24 bits per heavy atom. The highest BCUT2D eigenvalue weighted by molar-refractivity contribution is 7.89. The van der Waals surface area contributed by atoms with Crippen molar-refractivity contribution in [1.82, 2.24) is 9.62 Å². The first-order valence-electron chi connectivity index (χ1n) is 12.9. The Hall–Kier alpha value is -2.79. The second-order valence-electron chi connectivity index (χ2n) is 10.5. The molecule has 202 valence electrons. The Bertz CT molecular complexity index is 1330. The lowest BCUT2D eigenvalue weighted by atomic mass is 9.85. The van der Waals surface area contributed by atoms with Gasteiger partial charge in [0.2, 0.25) is 10.0 Å². The summed E-state index contributed by atoms with van der Waals surface area (Å²) in [5.41, 5.74) is 2.11. The van der Waals surface area contributed by atoms with E-state index in [0.29, 0.717) is 25.9 Å². The minimum absolute atomic E-state index is 0.0136. The monoisotopic (exact) mass is 538 g/mol. The SMILES string of the molecule is O=S1(=O)NC[C@H](O)CN(Cc2ccccc2)CC2(COc3cc(-c4ccccc4)ccc31)C[C@@H](O)[C@@H](O)C2. The van der Waals surface area contributed by atoms with Crippen molar-refractivity contribution < 1.29 is 28.5 Å². The average Bonchev–Trinajstić information content (AvgIpc) is 3.19. The zero-order valence-electron chi connectivity index (χ0n) is 21.1. The molecule has 0 saturated heterocycles. The fourth-order valence-corrected chi connectivity index (χ4v) is 6.76. The highest BCUT2D eigenvalue weighted by atomic mass is 32.2. The highest BCUT2D eigenvalue weighted by Crippen LogP contribution is 2.41. The molecule has 0 aromatic heterocycles. The van der Waals surface area contributed by atoms with E-state index in [9.17, 15) is 23.7 Å². The van der Waals surface area contributed by atoms with Gasteiger partial charge in [0, 0.05) is 31.6 Å². The summed E-state index contributed by atoms with van der Waals surface area (Å²) in [5.74, 6) is 0.193. The van der Waals surface area contributed by atoms with Gasteiger partial charge in [-0.15, -0.1) is 0 Å². The molecule has 0 amide bonds. The fourth-order valence-electron chi connectivity index (χ4n) is 5.57. The van der Waals surface area contributed by atoms with Gasteiger partial charge >= 0.3 is 0 Å². The van der Waals surface area contributed by atoms with E-state index in [1.165, 1.54) is 6.07 Å². The van der Waals surface area contributed by atoms with E-state index in [1.807, 2.05) is 65.6 Å². The summed E-state index contributed by atoms with van der Waals surface area (Å²) >= 11 is 0. The molecule has 4 N–H and O–H groups in total. The van der Waals surface area contributed by atoms with Crippen LogP contribution in [0.4, 0.5) is 0 Å². The van der Waals surface area contributed by atoms with Gasteiger partial charge in [0.05, 0.1) is 24.9 Å². The number of hydrogen-bond acceptors (Lipinski definition) is 7. The van der Waals surface area contributed by atoms with Crippen molar-refractivity contribution in [3.63, 3.8) is 0 Å². The second-order valence-corrected chi connectivity index (χ2v) is 12.3. The zero-order chi connectivity index (χ0) is 26.8. The standard InChI is InChI=1S/C29H34N2O6S/c32-24-16-30-38(35,36)28-12-11-23(22-9-5-2-6-10-22)13-27(28)37-20-29(14-25(33)26(34)15-29)19-31(18-24)17-21-7-3-1-4-8-21/h1-13,24-26,30,32-34H,14-20H2/t24-,25-,26+,29?/m0/s1. The lowest BCUT2D eigenvalue weighted by Gasteiger charge is -2.37. The Balaban J connectivity index is 1.53. The van der Waals surface area contributed by atoms with Gasteiger partial charge in [-0.05, 0) is 41.7 Å². The topological polar surface area (TPSA) is 119 Å². The van der Waals surface area contributed by atoms with Crippen LogP contribution in [0.3, 0.4) is 0 Å². The van der Waals surface area contributed by atoms with E-state index in [1.54, 1.807) is 12.1 Å². The van der Waals surface area contributed by atoms with Gasteiger partial charge in [0.15, 0.2) is 0 Å². The summed E-state index contributed by atoms with van der Waals surface area (Å²) in [5, 5.41) is 31.9. The molecular weight excluding hydrogens is 504 g/mol. The number of rotatable bonds is 3. The lowest BCUT2D eigenvalue weighted by Crippen LogP contribution is -2.46. The number of nitrogens with one attached hydrogen (secondary N) is 1. The number of β-amino-alcohol motifs (C(OH)–C–C–N with tert-alkyl or cyclic N) is 1. The zero-order valence-corrected chi connectivity index (χ0v) is 21.9. The molecule has 0 bridgehead atoms. The third kappa shape index (κ3) is 6.09. The molecular formula is C29H34N2O6S. The minimum atomic E-state index is -3.99. The molecule has 8 nitrogen and oxygen atoms in total. The molecule has 1 heterocycles. The molecule has 1 saturated carbocycles. The van der Waals surface area contributed by atoms with Crippen LogP contribution >= 0.6 is 0 Å². The van der Waals surface area contributed by atoms with Crippen LogP contribution in [0.15, 0.2) is 83.8 Å². The van der Waals surface area contributed by atoms with Crippen LogP contribution in [0.5, 0.6) is 5.75 Å². The molecule has 1 aliphatic heterocycles. The van der Waals surface area contributed by atoms with Crippen molar-refractivity contribution in [3.8, 4) is 16.9 Å². The highest BCUT2D eigenvalue weighted by Gasteiger charge is 2.46. The molecule has 1 fully saturated rings. The molecule has 1 aliphatic carbocycles. The Labute approximate surface area is 223 Å². The van der Waals surface area contributed by atoms with Crippen molar-refractivity contribution in [2.24, 2.45) is 5.41 Å². The van der Waals surface area contributed by atoms with Gasteiger partial charge in [-0.3, -0.25) is 4.90 Å². The number of benzene rings is 3. The molecule has 9 heteroatoms. The minimum Gasteiger partial charge on any atom is -0.492 e. The number of hydrogen-bond donors (Lipinski definition) is 4. The maximum absolute atomic E-state index is 13.3. The van der Waals surface area contributed by atoms with Crippen molar-refractivity contribution in [2.75, 3.05) is 26.2 Å². The van der Waals surface area contributed by atoms with Crippen LogP contribution in [0.2, 0.25) is 0 Å². The number of fused-ring (bicyclic) bond motifs is 1. The van der Waals surface area contributed by atoms with E-state index in [2.05, 4.69) is 4.72 Å². The summed E-state index contributed by atoms with van der Waals surface area (Å²) < 4.78 is 35.4. The largest absolute Gasteiger partial charge is 0.492 e. The fraction of sp³-hybridized carbons (Fsp3) is 0.379. The van der Waals surface area contributed by atoms with E-state index < -0.39 is 33.8 Å². The molecule has 4 atom stereocenters. The lowest BCUT2D eigenvalue weighted by molar-refractivity contribution is 0.0427. The summed E-state index contributed by atoms with van der Waals surface area (Å²) in [6.07, 6.45) is -2.18. The number of sulfonamides is 1. The first-order valence-corrected chi connectivity index (χ1v) is 14.3. The first kappa shape index (κ1) is 26.8. The van der Waals surface area contributed by atoms with Crippen molar-refractivity contribution in [1.29, 1.82) is 0 Å². The van der Waals surface area contributed by atoms with Gasteiger partial charge in [0.25, 0.3) is 0 Å². The summed E-state index contributed by atoms with van der Waals surface area (Å²) in [7, 11) is -3.99. The van der Waals surface area contributed by atoms with E-state index >= 15 is 0 Å². The van der Waals surface area contributed by atoms with Crippen molar-refractivity contribution in [3.05, 3.63) is 84.4 Å².